The molecule has 0 aliphatic carbocycles. The predicted molar refractivity (Wildman–Crippen MR) is 60.6 cm³/mol. The second kappa shape index (κ2) is 5.29. The molecule has 0 radical (unpaired) electrons. The summed E-state index contributed by atoms with van der Waals surface area (Å²) in [5.41, 5.74) is 0. The van der Waals surface area contributed by atoms with Gasteiger partial charge in [0.2, 0.25) is 10.0 Å². The quantitative estimate of drug-likeness (QED) is 0.806. The van der Waals surface area contributed by atoms with Gasteiger partial charge in [-0.25, -0.2) is 13.4 Å². The van der Waals surface area contributed by atoms with Gasteiger partial charge in [0, 0.05) is 12.7 Å². The van der Waals surface area contributed by atoms with Gasteiger partial charge in [0.25, 0.3) is 0 Å². The van der Waals surface area contributed by atoms with Crippen LogP contribution in [-0.4, -0.2) is 32.7 Å². The SMILES string of the molecule is CNCCS(=O)(=O)Nc1ncccc1Cl. The fourth-order valence-electron chi connectivity index (χ4n) is 0.896. The van der Waals surface area contributed by atoms with Crippen LogP contribution in [0.1, 0.15) is 0 Å². The van der Waals surface area contributed by atoms with Gasteiger partial charge in [0.05, 0.1) is 10.8 Å². The molecule has 15 heavy (non-hydrogen) atoms. The van der Waals surface area contributed by atoms with Crippen LogP contribution in [0, 0.1) is 0 Å². The van der Waals surface area contributed by atoms with Crippen molar-refractivity contribution in [3.05, 3.63) is 23.4 Å². The van der Waals surface area contributed by atoms with E-state index in [0.29, 0.717) is 6.54 Å². The van der Waals surface area contributed by atoms with Gasteiger partial charge in [-0.1, -0.05) is 11.6 Å². The third-order valence-corrected chi connectivity index (χ3v) is 3.18. The maximum absolute atomic E-state index is 11.5. The zero-order valence-corrected chi connectivity index (χ0v) is 9.77. The molecule has 1 rings (SSSR count). The van der Waals surface area contributed by atoms with Crippen molar-refractivity contribution in [3.8, 4) is 0 Å². The second-order valence-corrected chi connectivity index (χ2v) is 5.11. The van der Waals surface area contributed by atoms with Crippen LogP contribution < -0.4 is 10.0 Å². The number of rotatable bonds is 5. The molecular weight excluding hydrogens is 238 g/mol. The first-order valence-corrected chi connectivity index (χ1v) is 6.34. The van der Waals surface area contributed by atoms with Crippen LogP contribution >= 0.6 is 11.6 Å². The summed E-state index contributed by atoms with van der Waals surface area (Å²) >= 11 is 5.76. The minimum Gasteiger partial charge on any atom is -0.319 e. The van der Waals surface area contributed by atoms with E-state index in [0.717, 1.165) is 0 Å². The summed E-state index contributed by atoms with van der Waals surface area (Å²) in [6.45, 7) is 0.375. The number of nitrogens with one attached hydrogen (secondary N) is 2. The predicted octanol–water partition coefficient (Wildman–Crippen LogP) is 0.696. The van der Waals surface area contributed by atoms with E-state index in [1.807, 2.05) is 0 Å². The molecule has 0 fully saturated rings. The monoisotopic (exact) mass is 249 g/mol. The summed E-state index contributed by atoms with van der Waals surface area (Å²) < 4.78 is 25.2. The number of aromatic nitrogens is 1. The molecule has 0 unspecified atom stereocenters. The van der Waals surface area contributed by atoms with Gasteiger partial charge in [-0.05, 0) is 19.2 Å². The van der Waals surface area contributed by atoms with Crippen molar-refractivity contribution >= 4 is 27.4 Å². The standard InChI is InChI=1S/C8H12ClN3O2S/c1-10-5-6-15(13,14)12-8-7(9)3-2-4-11-8/h2-4,10H,5-6H2,1H3,(H,11,12). The van der Waals surface area contributed by atoms with E-state index in [1.165, 1.54) is 6.20 Å². The minimum atomic E-state index is -3.38. The molecule has 0 amide bonds. The molecule has 0 aromatic carbocycles. The number of anilines is 1. The molecule has 2 N–H and O–H groups in total. The maximum Gasteiger partial charge on any atom is 0.235 e. The smallest absolute Gasteiger partial charge is 0.235 e. The highest BCUT2D eigenvalue weighted by molar-refractivity contribution is 7.92. The molecule has 0 bridgehead atoms. The molecule has 0 saturated heterocycles. The summed E-state index contributed by atoms with van der Waals surface area (Å²) in [6, 6.07) is 3.21. The maximum atomic E-state index is 11.5. The van der Waals surface area contributed by atoms with Crippen molar-refractivity contribution in [2.45, 2.75) is 0 Å². The molecule has 1 aromatic heterocycles. The van der Waals surface area contributed by atoms with Crippen LogP contribution in [0.5, 0.6) is 0 Å². The fraction of sp³-hybridized carbons (Fsp3) is 0.375. The number of pyridine rings is 1. The first kappa shape index (κ1) is 12.2. The molecule has 0 aliphatic heterocycles. The van der Waals surface area contributed by atoms with Crippen molar-refractivity contribution < 1.29 is 8.42 Å². The first-order chi connectivity index (χ1) is 7.05. The molecule has 1 heterocycles. The van der Waals surface area contributed by atoms with Crippen molar-refractivity contribution in [2.75, 3.05) is 24.1 Å². The van der Waals surface area contributed by atoms with Crippen LogP contribution in [0.15, 0.2) is 18.3 Å². The summed E-state index contributed by atoms with van der Waals surface area (Å²) in [4.78, 5) is 3.83. The Morgan fingerprint density at radius 3 is 2.87 bits per heavy atom. The van der Waals surface area contributed by atoms with Crippen LogP contribution in [0.3, 0.4) is 0 Å². The second-order valence-electron chi connectivity index (χ2n) is 2.86. The van der Waals surface area contributed by atoms with Gasteiger partial charge in [-0.3, -0.25) is 4.72 Å². The van der Waals surface area contributed by atoms with Crippen molar-refractivity contribution in [1.82, 2.24) is 10.3 Å². The zero-order valence-electron chi connectivity index (χ0n) is 8.20. The Kier molecular flexibility index (Phi) is 4.31. The van der Waals surface area contributed by atoms with Gasteiger partial charge >= 0.3 is 0 Å². The molecule has 0 aliphatic rings. The number of hydrogen-bond donors (Lipinski definition) is 2. The summed E-state index contributed by atoms with van der Waals surface area (Å²) in [6.07, 6.45) is 1.47. The third kappa shape index (κ3) is 4.03. The van der Waals surface area contributed by atoms with E-state index < -0.39 is 10.0 Å². The van der Waals surface area contributed by atoms with Gasteiger partial charge < -0.3 is 5.32 Å². The van der Waals surface area contributed by atoms with Crippen LogP contribution in [0.4, 0.5) is 5.82 Å². The van der Waals surface area contributed by atoms with Crippen molar-refractivity contribution in [2.24, 2.45) is 0 Å². The largest absolute Gasteiger partial charge is 0.319 e. The lowest BCUT2D eigenvalue weighted by Crippen LogP contribution is -2.24. The number of sulfonamides is 1. The molecule has 1 aromatic rings. The van der Waals surface area contributed by atoms with Crippen LogP contribution in [0.25, 0.3) is 0 Å². The summed E-state index contributed by atoms with van der Waals surface area (Å²) in [5.74, 6) is 0.145. The van der Waals surface area contributed by atoms with E-state index in [9.17, 15) is 8.42 Å². The lowest BCUT2D eigenvalue weighted by atomic mass is 10.5. The van der Waals surface area contributed by atoms with Gasteiger partial charge in [-0.2, -0.15) is 0 Å². The van der Waals surface area contributed by atoms with Crippen LogP contribution in [0.2, 0.25) is 5.02 Å². The first-order valence-electron chi connectivity index (χ1n) is 4.31. The molecule has 0 spiro atoms. The number of nitrogens with zero attached hydrogens (tertiary/aromatic N) is 1. The van der Waals surface area contributed by atoms with E-state index in [2.05, 4.69) is 15.0 Å². The van der Waals surface area contributed by atoms with E-state index in [4.69, 9.17) is 11.6 Å². The molecule has 5 nitrogen and oxygen atoms in total. The minimum absolute atomic E-state index is 0.0175. The Labute approximate surface area is 93.9 Å². The van der Waals surface area contributed by atoms with E-state index >= 15 is 0 Å². The number of hydrogen-bond acceptors (Lipinski definition) is 4. The number of halogens is 1. The summed E-state index contributed by atoms with van der Waals surface area (Å²) in [5, 5.41) is 3.03. The van der Waals surface area contributed by atoms with E-state index in [-0.39, 0.29) is 16.6 Å². The Morgan fingerprint density at radius 1 is 1.53 bits per heavy atom. The van der Waals surface area contributed by atoms with Crippen LogP contribution in [-0.2, 0) is 10.0 Å². The lowest BCUT2D eigenvalue weighted by Gasteiger charge is -2.07. The average molecular weight is 250 g/mol. The molecule has 0 saturated carbocycles. The molecular formula is C8H12ClN3O2S. The fourth-order valence-corrected chi connectivity index (χ4v) is 2.15. The topological polar surface area (TPSA) is 71.1 Å². The average Bonchev–Trinajstić information content (AvgIpc) is 2.18. The summed E-state index contributed by atoms with van der Waals surface area (Å²) in [7, 11) is -1.69. The van der Waals surface area contributed by atoms with E-state index in [1.54, 1.807) is 19.2 Å². The van der Waals surface area contributed by atoms with Gasteiger partial charge in [0.15, 0.2) is 5.82 Å². The van der Waals surface area contributed by atoms with Gasteiger partial charge in [-0.15, -0.1) is 0 Å². The Hall–Kier alpha value is -0.850. The Morgan fingerprint density at radius 2 is 2.27 bits per heavy atom. The normalized spacial score (nSPS) is 11.3. The Bertz CT molecular complexity index is 422. The molecule has 0 atom stereocenters. The highest BCUT2D eigenvalue weighted by atomic mass is 35.5. The third-order valence-electron chi connectivity index (χ3n) is 1.63. The van der Waals surface area contributed by atoms with Gasteiger partial charge in [0.1, 0.15) is 0 Å². The zero-order chi connectivity index (χ0) is 11.3. The molecule has 7 heteroatoms. The molecule has 84 valence electrons. The highest BCUT2D eigenvalue weighted by Crippen LogP contribution is 2.18. The van der Waals surface area contributed by atoms with Crippen molar-refractivity contribution in [1.29, 1.82) is 0 Å². The highest BCUT2D eigenvalue weighted by Gasteiger charge is 2.11. The lowest BCUT2D eigenvalue weighted by molar-refractivity contribution is 0.598. The van der Waals surface area contributed by atoms with Crippen molar-refractivity contribution in [3.63, 3.8) is 0 Å². The Balaban J connectivity index is 2.74.